The Labute approximate surface area is 235 Å². The number of alkyl halides is 1. The van der Waals surface area contributed by atoms with Gasteiger partial charge in [0.25, 0.3) is 0 Å². The number of hydrogen-bond acceptors (Lipinski definition) is 3. The molecule has 0 N–H and O–H groups in total. The van der Waals surface area contributed by atoms with Gasteiger partial charge in [0.15, 0.2) is 0 Å². The summed E-state index contributed by atoms with van der Waals surface area (Å²) >= 11 is 6.24. The number of ether oxygens (including phenoxy) is 2. The Morgan fingerprint density at radius 1 is 1.10 bits per heavy atom. The van der Waals surface area contributed by atoms with Crippen molar-refractivity contribution < 1.29 is 27.4 Å². The van der Waals surface area contributed by atoms with E-state index < -0.39 is 23.1 Å². The predicted molar refractivity (Wildman–Crippen MR) is 149 cm³/mol. The molecule has 2 saturated carbocycles. The number of hydrogen-bond donors (Lipinski definition) is 0. The molecule has 0 saturated heterocycles. The van der Waals surface area contributed by atoms with Crippen molar-refractivity contribution in [2.24, 2.45) is 5.92 Å². The largest absolute Gasteiger partial charge is 0.490 e. The first-order chi connectivity index (χ1) is 18.3. The molecule has 2 fully saturated rings. The van der Waals surface area contributed by atoms with Crippen molar-refractivity contribution in [2.45, 2.75) is 109 Å². The molecule has 3 atom stereocenters. The van der Waals surface area contributed by atoms with Crippen LogP contribution in [0.15, 0.2) is 30.3 Å². The van der Waals surface area contributed by atoms with Gasteiger partial charge in [0.1, 0.15) is 35.3 Å². The molecule has 0 aromatic heterocycles. The Morgan fingerprint density at radius 3 is 2.51 bits per heavy atom. The molecule has 3 unspecified atom stereocenters. The third-order valence-corrected chi connectivity index (χ3v) is 8.29. The third kappa shape index (κ3) is 8.15. The Bertz CT molecular complexity index is 1170. The van der Waals surface area contributed by atoms with Crippen molar-refractivity contribution in [3.05, 3.63) is 63.7 Å². The smallest absolute Gasteiger partial charge is 0.341 e. The summed E-state index contributed by atoms with van der Waals surface area (Å²) in [6.45, 7) is 7.17. The molecule has 2 aliphatic rings. The number of carbonyl (C=O) groups is 1. The van der Waals surface area contributed by atoms with Crippen molar-refractivity contribution in [3.63, 3.8) is 0 Å². The van der Waals surface area contributed by atoms with Crippen molar-refractivity contribution in [3.8, 4) is 5.75 Å². The molecule has 3 nitrogen and oxygen atoms in total. The number of rotatable bonds is 9. The number of esters is 1. The summed E-state index contributed by atoms with van der Waals surface area (Å²) in [6.07, 6.45) is 6.97. The van der Waals surface area contributed by atoms with Crippen molar-refractivity contribution in [1.29, 1.82) is 0 Å². The maximum Gasteiger partial charge on any atom is 0.341 e. The Morgan fingerprint density at radius 2 is 1.85 bits per heavy atom. The Kier molecular flexibility index (Phi) is 9.25. The Hall–Kier alpha value is -2.21. The summed E-state index contributed by atoms with van der Waals surface area (Å²) in [5.41, 5.74) is -0.635. The van der Waals surface area contributed by atoms with Gasteiger partial charge in [-0.2, -0.15) is 0 Å². The molecule has 0 bridgehead atoms. The van der Waals surface area contributed by atoms with Crippen LogP contribution in [-0.4, -0.2) is 23.8 Å². The van der Waals surface area contributed by atoms with Crippen LogP contribution < -0.4 is 4.74 Å². The quantitative estimate of drug-likeness (QED) is 0.224. The van der Waals surface area contributed by atoms with Gasteiger partial charge in [0.2, 0.25) is 0 Å². The van der Waals surface area contributed by atoms with Crippen LogP contribution in [0.5, 0.6) is 5.75 Å². The first-order valence-electron chi connectivity index (χ1n) is 14.2. The van der Waals surface area contributed by atoms with E-state index in [0.717, 1.165) is 56.1 Å². The fourth-order valence-corrected chi connectivity index (χ4v) is 5.88. The van der Waals surface area contributed by atoms with Gasteiger partial charge in [-0.3, -0.25) is 0 Å². The molecular weight excluding hydrogens is 525 g/mol. The maximum atomic E-state index is 15.9. The van der Waals surface area contributed by atoms with E-state index in [1.807, 2.05) is 0 Å². The monoisotopic (exact) mass is 564 g/mol. The van der Waals surface area contributed by atoms with E-state index >= 15 is 4.39 Å². The van der Waals surface area contributed by atoms with Crippen LogP contribution in [0.2, 0.25) is 5.02 Å². The van der Waals surface area contributed by atoms with E-state index in [1.54, 1.807) is 26.8 Å². The SMILES string of the molecule is CC(CCC1CCCC(F)(COc2cc(F)c(C(=O)OC(C)(C)C)cc2C2CC2)CC1)c1ccc(F)cc1Cl. The van der Waals surface area contributed by atoms with Gasteiger partial charge in [-0.15, -0.1) is 0 Å². The molecule has 39 heavy (non-hydrogen) atoms. The second kappa shape index (κ2) is 12.1. The zero-order valence-electron chi connectivity index (χ0n) is 23.4. The molecule has 2 aromatic rings. The summed E-state index contributed by atoms with van der Waals surface area (Å²) < 4.78 is 55.6. The van der Waals surface area contributed by atoms with Crippen molar-refractivity contribution >= 4 is 17.6 Å². The van der Waals surface area contributed by atoms with E-state index in [1.165, 1.54) is 24.3 Å². The van der Waals surface area contributed by atoms with Crippen LogP contribution in [-0.2, 0) is 4.74 Å². The molecule has 0 heterocycles. The van der Waals surface area contributed by atoms with Crippen molar-refractivity contribution in [1.82, 2.24) is 0 Å². The van der Waals surface area contributed by atoms with Gasteiger partial charge in [-0.1, -0.05) is 31.0 Å². The zero-order chi connectivity index (χ0) is 28.4. The average Bonchev–Trinajstić information content (AvgIpc) is 3.69. The van der Waals surface area contributed by atoms with Crippen LogP contribution in [0.1, 0.15) is 119 Å². The Balaban J connectivity index is 1.35. The fourth-order valence-electron chi connectivity index (χ4n) is 5.52. The average molecular weight is 565 g/mol. The number of halogens is 4. The normalized spacial score (nSPS) is 22.7. The lowest BCUT2D eigenvalue weighted by molar-refractivity contribution is 0.00641. The molecule has 2 aliphatic carbocycles. The zero-order valence-corrected chi connectivity index (χ0v) is 24.2. The van der Waals surface area contributed by atoms with Gasteiger partial charge in [0.05, 0.1) is 5.56 Å². The van der Waals surface area contributed by atoms with Gasteiger partial charge in [-0.25, -0.2) is 18.0 Å². The summed E-state index contributed by atoms with van der Waals surface area (Å²) in [6, 6.07) is 7.28. The van der Waals surface area contributed by atoms with Gasteiger partial charge < -0.3 is 9.47 Å². The van der Waals surface area contributed by atoms with Gasteiger partial charge >= 0.3 is 5.97 Å². The molecule has 0 spiro atoms. The molecule has 4 rings (SSSR count). The highest BCUT2D eigenvalue weighted by Crippen LogP contribution is 2.46. The van der Waals surface area contributed by atoms with E-state index in [4.69, 9.17) is 21.1 Å². The third-order valence-electron chi connectivity index (χ3n) is 7.96. The molecule has 7 heteroatoms. The minimum absolute atomic E-state index is 0.109. The summed E-state index contributed by atoms with van der Waals surface area (Å²) in [5, 5.41) is 0.449. The van der Waals surface area contributed by atoms with E-state index in [-0.39, 0.29) is 29.8 Å². The van der Waals surface area contributed by atoms with E-state index in [0.29, 0.717) is 29.5 Å². The first-order valence-corrected chi connectivity index (χ1v) is 14.5. The minimum Gasteiger partial charge on any atom is -0.490 e. The lowest BCUT2D eigenvalue weighted by atomic mass is 9.88. The summed E-state index contributed by atoms with van der Waals surface area (Å²) in [4.78, 5) is 12.5. The van der Waals surface area contributed by atoms with Gasteiger partial charge in [-0.05, 0) is 119 Å². The highest BCUT2D eigenvalue weighted by atomic mass is 35.5. The lowest BCUT2D eigenvalue weighted by Crippen LogP contribution is -2.31. The second-order valence-corrected chi connectivity index (χ2v) is 12.9. The topological polar surface area (TPSA) is 35.5 Å². The number of benzene rings is 2. The van der Waals surface area contributed by atoms with E-state index in [2.05, 4.69) is 6.92 Å². The molecule has 0 amide bonds. The predicted octanol–water partition coefficient (Wildman–Crippen LogP) is 9.70. The fraction of sp³-hybridized carbons (Fsp3) is 0.594. The number of carbonyl (C=O) groups excluding carboxylic acids is 1. The summed E-state index contributed by atoms with van der Waals surface area (Å²) in [7, 11) is 0. The first kappa shape index (κ1) is 29.8. The highest BCUT2D eigenvalue weighted by molar-refractivity contribution is 6.31. The molecule has 2 aromatic carbocycles. The molecular formula is C32H40ClF3O3. The lowest BCUT2D eigenvalue weighted by Gasteiger charge is -2.25. The second-order valence-electron chi connectivity index (χ2n) is 12.5. The van der Waals surface area contributed by atoms with Crippen LogP contribution in [0.4, 0.5) is 13.2 Å². The van der Waals surface area contributed by atoms with Crippen LogP contribution in [0, 0.1) is 17.6 Å². The minimum atomic E-state index is -1.48. The standard InChI is InChI=1S/C32H40ClF3O3/c1-20(24-12-11-23(34)16-27(24)33)7-8-21-6-5-14-32(36,15-13-21)19-38-29-18-28(35)26(17-25(29)22-9-10-22)30(37)39-31(2,3)4/h11-12,16-18,20-22H,5-10,13-15,19H2,1-4H3. The van der Waals surface area contributed by atoms with Crippen LogP contribution >= 0.6 is 11.6 Å². The maximum absolute atomic E-state index is 15.9. The van der Waals surface area contributed by atoms with E-state index in [9.17, 15) is 13.6 Å². The van der Waals surface area contributed by atoms with Gasteiger partial charge in [0, 0.05) is 11.1 Å². The summed E-state index contributed by atoms with van der Waals surface area (Å²) in [5.74, 6) is -0.657. The molecule has 214 valence electrons. The molecule has 0 aliphatic heterocycles. The molecule has 0 radical (unpaired) electrons. The van der Waals surface area contributed by atoms with Crippen LogP contribution in [0.25, 0.3) is 0 Å². The highest BCUT2D eigenvalue weighted by Gasteiger charge is 2.36. The van der Waals surface area contributed by atoms with Crippen molar-refractivity contribution in [2.75, 3.05) is 6.61 Å². The van der Waals surface area contributed by atoms with Crippen LogP contribution in [0.3, 0.4) is 0 Å².